The molecule has 0 aliphatic heterocycles. The van der Waals surface area contributed by atoms with Gasteiger partial charge in [0.05, 0.1) is 16.6 Å². The Morgan fingerprint density at radius 3 is 2.36 bits per heavy atom. The van der Waals surface area contributed by atoms with Gasteiger partial charge in [0.25, 0.3) is 5.91 Å². The highest BCUT2D eigenvalue weighted by molar-refractivity contribution is 6.06. The number of fused-ring (bicyclic) bond motifs is 1. The molecule has 4 rings (SSSR count). The number of carbonyl (C=O) groups excluding carboxylic acids is 2. The number of hydrogen-bond acceptors (Lipinski definition) is 5. The molecular weight excluding hydrogens is 422 g/mol. The molecule has 0 fully saturated rings. The van der Waals surface area contributed by atoms with Crippen molar-refractivity contribution in [2.75, 3.05) is 0 Å². The first-order valence-corrected chi connectivity index (χ1v) is 9.74. The maximum atomic E-state index is 13.0. The van der Waals surface area contributed by atoms with E-state index in [1.807, 2.05) is 0 Å². The number of nitrogens with two attached hydrogens (primary N) is 1. The summed E-state index contributed by atoms with van der Waals surface area (Å²) in [6.07, 6.45) is 3.42. The highest BCUT2D eigenvalue weighted by atomic mass is 16.4. The topological polar surface area (TPSA) is 151 Å². The van der Waals surface area contributed by atoms with Crippen LogP contribution >= 0.6 is 0 Å². The molecule has 1 atom stereocenters. The Bertz CT molecular complexity index is 1300. The summed E-state index contributed by atoms with van der Waals surface area (Å²) < 4.78 is 0. The first-order valence-electron chi connectivity index (χ1n) is 9.74. The quantitative estimate of drug-likeness (QED) is 0.343. The summed E-state index contributed by atoms with van der Waals surface area (Å²) >= 11 is 0. The van der Waals surface area contributed by atoms with E-state index in [1.165, 1.54) is 12.1 Å². The number of nitrogens with one attached hydrogen (secondary N) is 2. The third kappa shape index (κ3) is 5.04. The maximum Gasteiger partial charge on any atom is 0.335 e. The summed E-state index contributed by atoms with van der Waals surface area (Å²) in [5, 5.41) is 11.7. The number of primary amides is 1. The van der Waals surface area contributed by atoms with Crippen molar-refractivity contribution >= 4 is 28.8 Å². The van der Waals surface area contributed by atoms with Crippen LogP contribution in [0.5, 0.6) is 0 Å². The number of carboxylic acid groups (broad SMARTS) is 1. The lowest BCUT2D eigenvalue weighted by molar-refractivity contribution is -0.119. The summed E-state index contributed by atoms with van der Waals surface area (Å²) in [6.45, 7) is 0. The van der Waals surface area contributed by atoms with E-state index in [0.29, 0.717) is 28.0 Å². The lowest BCUT2D eigenvalue weighted by Crippen LogP contribution is -2.45. The molecular formula is C24H23N5O4. The Kier molecular flexibility index (Phi) is 6.82. The Labute approximate surface area is 189 Å². The number of amides is 2. The number of aromatic nitrogens is 3. The zero-order valence-electron chi connectivity index (χ0n) is 16.8. The predicted molar refractivity (Wildman–Crippen MR) is 124 cm³/mol. The minimum atomic E-state index is -1.05. The largest absolute Gasteiger partial charge is 0.478 e. The van der Waals surface area contributed by atoms with Crippen LogP contribution in [0.25, 0.3) is 22.4 Å². The molecule has 0 radical (unpaired) electrons. The third-order valence-corrected chi connectivity index (χ3v) is 5.00. The van der Waals surface area contributed by atoms with E-state index in [0.717, 1.165) is 5.56 Å². The number of H-pyrrole nitrogens is 1. The van der Waals surface area contributed by atoms with Crippen molar-refractivity contribution < 1.29 is 19.5 Å². The van der Waals surface area contributed by atoms with Crippen LogP contribution in [-0.4, -0.2) is 43.9 Å². The lowest BCUT2D eigenvalue weighted by Gasteiger charge is -2.16. The van der Waals surface area contributed by atoms with Crippen LogP contribution in [0.2, 0.25) is 0 Å². The van der Waals surface area contributed by atoms with Gasteiger partial charge in [-0.1, -0.05) is 25.6 Å². The van der Waals surface area contributed by atoms with E-state index in [4.69, 9.17) is 10.8 Å². The third-order valence-electron chi connectivity index (χ3n) is 5.00. The number of carboxylic acids is 1. The van der Waals surface area contributed by atoms with Crippen LogP contribution in [0.15, 0.2) is 67.0 Å². The molecule has 0 bridgehead atoms. The molecule has 0 saturated carbocycles. The molecule has 9 heteroatoms. The normalized spacial score (nSPS) is 11.4. The monoisotopic (exact) mass is 445 g/mol. The summed E-state index contributed by atoms with van der Waals surface area (Å²) in [5.41, 5.74) is 8.55. The van der Waals surface area contributed by atoms with Crippen molar-refractivity contribution in [1.29, 1.82) is 0 Å². The van der Waals surface area contributed by atoms with E-state index in [9.17, 15) is 14.4 Å². The van der Waals surface area contributed by atoms with Gasteiger partial charge in [0.1, 0.15) is 17.4 Å². The van der Waals surface area contributed by atoms with Gasteiger partial charge in [0, 0.05) is 24.4 Å². The van der Waals surface area contributed by atoms with Crippen molar-refractivity contribution in [2.45, 2.75) is 19.9 Å². The van der Waals surface area contributed by atoms with Gasteiger partial charge in [0.2, 0.25) is 5.91 Å². The van der Waals surface area contributed by atoms with Crippen LogP contribution in [0.1, 0.15) is 33.7 Å². The Morgan fingerprint density at radius 2 is 1.73 bits per heavy atom. The number of hydrogen-bond donors (Lipinski definition) is 4. The van der Waals surface area contributed by atoms with E-state index >= 15 is 0 Å². The van der Waals surface area contributed by atoms with E-state index < -0.39 is 23.8 Å². The zero-order chi connectivity index (χ0) is 22.7. The molecule has 168 valence electrons. The van der Waals surface area contributed by atoms with Gasteiger partial charge in [-0.3, -0.25) is 14.6 Å². The van der Waals surface area contributed by atoms with Gasteiger partial charge < -0.3 is 21.1 Å². The molecule has 0 saturated heterocycles. The average molecular weight is 445 g/mol. The number of aromatic amines is 1. The van der Waals surface area contributed by atoms with Gasteiger partial charge in [-0.05, 0) is 42.0 Å². The van der Waals surface area contributed by atoms with Crippen molar-refractivity contribution in [2.24, 2.45) is 5.73 Å². The predicted octanol–water partition coefficient (Wildman–Crippen LogP) is 2.79. The van der Waals surface area contributed by atoms with Crippen LogP contribution in [0.3, 0.4) is 0 Å². The summed E-state index contributed by atoms with van der Waals surface area (Å²) in [7, 11) is 0. The van der Waals surface area contributed by atoms with Crippen molar-refractivity contribution in [1.82, 2.24) is 20.3 Å². The molecule has 2 aromatic carbocycles. The van der Waals surface area contributed by atoms with Crippen molar-refractivity contribution in [3.63, 3.8) is 0 Å². The van der Waals surface area contributed by atoms with Crippen molar-refractivity contribution in [3.05, 3.63) is 83.7 Å². The fraction of sp³-hybridized carbons (Fsp3) is 0.125. The molecule has 0 spiro atoms. The van der Waals surface area contributed by atoms with Gasteiger partial charge in [-0.2, -0.15) is 0 Å². The lowest BCUT2D eigenvalue weighted by atomic mass is 10.0. The van der Waals surface area contributed by atoms with E-state index in [1.54, 1.807) is 54.9 Å². The second-order valence-electron chi connectivity index (χ2n) is 7.16. The van der Waals surface area contributed by atoms with Crippen LogP contribution < -0.4 is 11.1 Å². The average Bonchev–Trinajstić information content (AvgIpc) is 3.24. The van der Waals surface area contributed by atoms with Crippen LogP contribution in [0, 0.1) is 0 Å². The molecule has 33 heavy (non-hydrogen) atoms. The highest BCUT2D eigenvalue weighted by Crippen LogP contribution is 2.22. The minimum absolute atomic E-state index is 0. The molecule has 9 nitrogen and oxygen atoms in total. The fourth-order valence-electron chi connectivity index (χ4n) is 3.34. The summed E-state index contributed by atoms with van der Waals surface area (Å²) in [6, 6.07) is 13.8. The van der Waals surface area contributed by atoms with Crippen LogP contribution in [-0.2, 0) is 11.2 Å². The number of imidazole rings is 1. The van der Waals surface area contributed by atoms with Crippen LogP contribution in [0.4, 0.5) is 0 Å². The fourth-order valence-corrected chi connectivity index (χ4v) is 3.34. The number of para-hydroxylation sites is 1. The molecule has 2 amide bonds. The number of pyridine rings is 1. The molecule has 4 aromatic rings. The number of aromatic carboxylic acids is 1. The maximum absolute atomic E-state index is 13.0. The smallest absolute Gasteiger partial charge is 0.335 e. The molecule has 0 unspecified atom stereocenters. The molecule has 0 aliphatic carbocycles. The van der Waals surface area contributed by atoms with E-state index in [2.05, 4.69) is 20.3 Å². The number of rotatable bonds is 7. The number of benzene rings is 2. The first-order chi connectivity index (χ1) is 15.4. The van der Waals surface area contributed by atoms with Gasteiger partial charge in [0.15, 0.2) is 0 Å². The molecule has 2 aromatic heterocycles. The first kappa shape index (κ1) is 23.1. The van der Waals surface area contributed by atoms with Gasteiger partial charge in [-0.25, -0.2) is 9.78 Å². The molecule has 0 aliphatic rings. The summed E-state index contributed by atoms with van der Waals surface area (Å²) in [4.78, 5) is 47.7. The Morgan fingerprint density at radius 1 is 1.03 bits per heavy atom. The molecule has 2 heterocycles. The zero-order valence-corrected chi connectivity index (χ0v) is 16.8. The summed E-state index contributed by atoms with van der Waals surface area (Å²) in [5.74, 6) is -1.65. The highest BCUT2D eigenvalue weighted by Gasteiger charge is 2.22. The van der Waals surface area contributed by atoms with Crippen molar-refractivity contribution in [3.8, 4) is 11.4 Å². The Balaban J connectivity index is 0.00000306. The Hall–Kier alpha value is -4.53. The second kappa shape index (κ2) is 9.73. The number of nitrogens with zero attached hydrogens (tertiary/aromatic N) is 2. The number of carbonyl (C=O) groups is 3. The van der Waals surface area contributed by atoms with Gasteiger partial charge in [-0.15, -0.1) is 0 Å². The van der Waals surface area contributed by atoms with E-state index in [-0.39, 0.29) is 19.4 Å². The standard InChI is InChI=1S/C23H19N5O4.CH4/c24-20(29)18(12-13-4-6-15(7-5-13)23(31)32)27-22(30)16-2-1-3-17-19(16)28-21(26-17)14-8-10-25-11-9-14;/h1-11,18H,12H2,(H2,24,29)(H,26,28)(H,27,30)(H,31,32);1H4/t18-;/m0./s1. The minimum Gasteiger partial charge on any atom is -0.478 e. The second-order valence-corrected chi connectivity index (χ2v) is 7.16. The molecule has 5 N–H and O–H groups in total. The SMILES string of the molecule is C.NC(=O)[C@H](Cc1ccc(C(=O)O)cc1)NC(=O)c1cccc2[nH]c(-c3ccncc3)nc12. The van der Waals surface area contributed by atoms with Gasteiger partial charge >= 0.3 is 5.97 Å².